The lowest BCUT2D eigenvalue weighted by Gasteiger charge is -2.33. The van der Waals surface area contributed by atoms with E-state index in [1.54, 1.807) is 0 Å². The largest absolute Gasteiger partial charge is 0.312 e. The summed E-state index contributed by atoms with van der Waals surface area (Å²) < 4.78 is 0. The summed E-state index contributed by atoms with van der Waals surface area (Å²) in [6.07, 6.45) is 2.77. The Hall–Kier alpha value is -0.0800. The molecule has 0 aliphatic heterocycles. The van der Waals surface area contributed by atoms with Crippen molar-refractivity contribution < 1.29 is 0 Å². The molecule has 2 atom stereocenters. The van der Waals surface area contributed by atoms with E-state index in [9.17, 15) is 0 Å². The number of nitrogens with zero attached hydrogens (tertiary/aromatic N) is 1. The molecule has 0 bridgehead atoms. The van der Waals surface area contributed by atoms with Gasteiger partial charge in [0.05, 0.1) is 0 Å². The lowest BCUT2D eigenvalue weighted by molar-refractivity contribution is 0.155. The molecule has 2 unspecified atom stereocenters. The van der Waals surface area contributed by atoms with Crippen LogP contribution in [0, 0.1) is 5.92 Å². The lowest BCUT2D eigenvalue weighted by atomic mass is 10.0. The predicted molar refractivity (Wildman–Crippen MR) is 62.5 cm³/mol. The quantitative estimate of drug-likeness (QED) is 0.703. The summed E-state index contributed by atoms with van der Waals surface area (Å²) >= 11 is 0. The second kappa shape index (κ2) is 5.13. The summed E-state index contributed by atoms with van der Waals surface area (Å²) in [5.41, 5.74) is 0. The van der Waals surface area contributed by atoms with E-state index in [-0.39, 0.29) is 0 Å². The van der Waals surface area contributed by atoms with E-state index in [4.69, 9.17) is 0 Å². The van der Waals surface area contributed by atoms with Crippen molar-refractivity contribution in [3.63, 3.8) is 0 Å². The first kappa shape index (κ1) is 12.0. The minimum atomic E-state index is 0.646. The Bertz CT molecular complexity index is 164. The number of rotatable bonds is 6. The summed E-state index contributed by atoms with van der Waals surface area (Å²) in [5, 5.41) is 3.59. The topological polar surface area (TPSA) is 15.3 Å². The van der Waals surface area contributed by atoms with Gasteiger partial charge >= 0.3 is 0 Å². The van der Waals surface area contributed by atoms with Gasteiger partial charge in [0, 0.05) is 24.7 Å². The van der Waals surface area contributed by atoms with Crippen molar-refractivity contribution in [3.05, 3.63) is 0 Å². The standard InChI is InChI=1S/C12H26N2/c1-9(2)11(4)14(5)10(3)8-13-12-6-7-12/h9-13H,6-8H2,1-5H3. The van der Waals surface area contributed by atoms with Gasteiger partial charge in [0.15, 0.2) is 0 Å². The number of likely N-dealkylation sites (N-methyl/N-ethyl adjacent to an activating group) is 1. The first-order chi connectivity index (χ1) is 6.52. The Morgan fingerprint density at radius 1 is 1.21 bits per heavy atom. The van der Waals surface area contributed by atoms with Crippen LogP contribution in [0.4, 0.5) is 0 Å². The number of hydrogen-bond donors (Lipinski definition) is 1. The van der Waals surface area contributed by atoms with Gasteiger partial charge in [-0.25, -0.2) is 0 Å². The molecular formula is C12H26N2. The van der Waals surface area contributed by atoms with Crippen LogP contribution < -0.4 is 5.32 Å². The van der Waals surface area contributed by atoms with Gasteiger partial charge in [-0.2, -0.15) is 0 Å². The fourth-order valence-electron chi connectivity index (χ4n) is 1.64. The fourth-order valence-corrected chi connectivity index (χ4v) is 1.64. The average molecular weight is 198 g/mol. The molecule has 0 aromatic heterocycles. The monoisotopic (exact) mass is 198 g/mol. The van der Waals surface area contributed by atoms with E-state index in [0.717, 1.165) is 18.5 Å². The summed E-state index contributed by atoms with van der Waals surface area (Å²) in [7, 11) is 2.24. The van der Waals surface area contributed by atoms with Crippen molar-refractivity contribution >= 4 is 0 Å². The van der Waals surface area contributed by atoms with E-state index >= 15 is 0 Å². The van der Waals surface area contributed by atoms with Gasteiger partial charge < -0.3 is 5.32 Å². The molecule has 1 rings (SSSR count). The van der Waals surface area contributed by atoms with Crippen molar-refractivity contribution in [3.8, 4) is 0 Å². The van der Waals surface area contributed by atoms with Crippen LogP contribution in [0.3, 0.4) is 0 Å². The highest BCUT2D eigenvalue weighted by Gasteiger charge is 2.23. The highest BCUT2D eigenvalue weighted by Crippen LogP contribution is 2.19. The van der Waals surface area contributed by atoms with Gasteiger partial charge in [0.1, 0.15) is 0 Å². The zero-order valence-electron chi connectivity index (χ0n) is 10.4. The van der Waals surface area contributed by atoms with Gasteiger partial charge in [-0.3, -0.25) is 4.90 Å². The highest BCUT2D eigenvalue weighted by atomic mass is 15.2. The van der Waals surface area contributed by atoms with E-state index < -0.39 is 0 Å². The van der Waals surface area contributed by atoms with Gasteiger partial charge in [-0.05, 0) is 39.7 Å². The third-order valence-electron chi connectivity index (χ3n) is 3.58. The zero-order valence-corrected chi connectivity index (χ0v) is 10.4. The number of hydrogen-bond acceptors (Lipinski definition) is 2. The number of nitrogens with one attached hydrogen (secondary N) is 1. The Morgan fingerprint density at radius 2 is 1.79 bits per heavy atom. The molecule has 2 nitrogen and oxygen atoms in total. The van der Waals surface area contributed by atoms with Crippen LogP contribution in [0.5, 0.6) is 0 Å². The third-order valence-corrected chi connectivity index (χ3v) is 3.58. The SMILES string of the molecule is CC(C)C(C)N(C)C(C)CNC1CC1. The molecule has 0 spiro atoms. The maximum absolute atomic E-state index is 3.59. The second-order valence-electron chi connectivity index (χ2n) is 5.18. The van der Waals surface area contributed by atoms with E-state index in [2.05, 4.69) is 45.0 Å². The van der Waals surface area contributed by atoms with Crippen LogP contribution in [0.15, 0.2) is 0 Å². The summed E-state index contributed by atoms with van der Waals surface area (Å²) in [6, 6.07) is 2.15. The smallest absolute Gasteiger partial charge is 0.0192 e. The molecule has 1 aliphatic carbocycles. The van der Waals surface area contributed by atoms with Crippen molar-refractivity contribution in [2.24, 2.45) is 5.92 Å². The Kier molecular flexibility index (Phi) is 4.39. The van der Waals surface area contributed by atoms with E-state index in [1.165, 1.54) is 12.8 Å². The van der Waals surface area contributed by atoms with Gasteiger partial charge in [0.25, 0.3) is 0 Å². The Balaban J connectivity index is 2.22. The maximum Gasteiger partial charge on any atom is 0.0192 e. The first-order valence-corrected chi connectivity index (χ1v) is 5.97. The highest BCUT2D eigenvalue weighted by molar-refractivity contribution is 4.83. The molecule has 14 heavy (non-hydrogen) atoms. The molecule has 1 saturated carbocycles. The summed E-state index contributed by atoms with van der Waals surface area (Å²) in [6.45, 7) is 10.4. The van der Waals surface area contributed by atoms with Gasteiger partial charge in [-0.1, -0.05) is 13.8 Å². The normalized spacial score (nSPS) is 21.6. The van der Waals surface area contributed by atoms with E-state index in [1.807, 2.05) is 0 Å². The molecule has 2 heteroatoms. The molecule has 1 N–H and O–H groups in total. The van der Waals surface area contributed by atoms with E-state index in [0.29, 0.717) is 12.1 Å². The zero-order chi connectivity index (χ0) is 10.7. The van der Waals surface area contributed by atoms with Crippen LogP contribution in [0.1, 0.15) is 40.5 Å². The minimum absolute atomic E-state index is 0.646. The molecule has 0 saturated heterocycles. The molecule has 0 radical (unpaired) electrons. The van der Waals surface area contributed by atoms with Crippen molar-refractivity contribution in [2.45, 2.75) is 58.7 Å². The first-order valence-electron chi connectivity index (χ1n) is 5.97. The molecule has 84 valence electrons. The van der Waals surface area contributed by atoms with Gasteiger partial charge in [0.2, 0.25) is 0 Å². The molecule has 0 amide bonds. The van der Waals surface area contributed by atoms with Crippen LogP contribution >= 0.6 is 0 Å². The average Bonchev–Trinajstić information content (AvgIpc) is 2.95. The molecule has 0 aromatic rings. The molecule has 1 fully saturated rings. The maximum atomic E-state index is 3.59. The molecule has 0 heterocycles. The minimum Gasteiger partial charge on any atom is -0.312 e. The lowest BCUT2D eigenvalue weighted by Crippen LogP contribution is -2.45. The van der Waals surface area contributed by atoms with Crippen molar-refractivity contribution in [1.82, 2.24) is 10.2 Å². The predicted octanol–water partition coefficient (Wildman–Crippen LogP) is 2.10. The van der Waals surface area contributed by atoms with Crippen LogP contribution in [0.25, 0.3) is 0 Å². The van der Waals surface area contributed by atoms with Crippen LogP contribution in [0.2, 0.25) is 0 Å². The van der Waals surface area contributed by atoms with Crippen molar-refractivity contribution in [2.75, 3.05) is 13.6 Å². The summed E-state index contributed by atoms with van der Waals surface area (Å²) in [5.74, 6) is 0.739. The van der Waals surface area contributed by atoms with Crippen LogP contribution in [-0.2, 0) is 0 Å². The Labute approximate surface area is 89.1 Å². The Morgan fingerprint density at radius 3 is 2.21 bits per heavy atom. The molecular weight excluding hydrogens is 172 g/mol. The van der Waals surface area contributed by atoms with Gasteiger partial charge in [-0.15, -0.1) is 0 Å². The second-order valence-corrected chi connectivity index (χ2v) is 5.18. The molecule has 1 aliphatic rings. The van der Waals surface area contributed by atoms with Crippen molar-refractivity contribution in [1.29, 1.82) is 0 Å². The fraction of sp³-hybridized carbons (Fsp3) is 1.00. The molecule has 0 aromatic carbocycles. The van der Waals surface area contributed by atoms with Crippen LogP contribution in [-0.4, -0.2) is 36.6 Å². The third kappa shape index (κ3) is 3.58. The summed E-state index contributed by atoms with van der Waals surface area (Å²) in [4.78, 5) is 2.49.